The molecule has 5 heteroatoms. The number of aliphatic hydroxyl groups is 1. The van der Waals surface area contributed by atoms with E-state index in [1.807, 2.05) is 18.2 Å². The van der Waals surface area contributed by atoms with Crippen LogP contribution in [0, 0.1) is 0 Å². The van der Waals surface area contributed by atoms with Gasteiger partial charge in [0.05, 0.1) is 12.7 Å². The van der Waals surface area contributed by atoms with Gasteiger partial charge in [-0.15, -0.1) is 0 Å². The zero-order valence-electron chi connectivity index (χ0n) is 10.5. The molecule has 1 aliphatic rings. The van der Waals surface area contributed by atoms with Crippen LogP contribution in [0.2, 0.25) is 0 Å². The van der Waals surface area contributed by atoms with Crippen molar-refractivity contribution in [1.82, 2.24) is 0 Å². The number of benzene rings is 1. The van der Waals surface area contributed by atoms with E-state index in [9.17, 15) is 18.3 Å². The van der Waals surface area contributed by atoms with Crippen molar-refractivity contribution in [3.05, 3.63) is 34.9 Å². The molecule has 0 aromatic heterocycles. The lowest BCUT2D eigenvalue weighted by atomic mass is 10.0. The highest BCUT2D eigenvalue weighted by Gasteiger charge is 2.27. The molecule has 1 aliphatic carbocycles. The number of aliphatic hydroxyl groups excluding tert-OH is 1. The predicted octanol–water partition coefficient (Wildman–Crippen LogP) is 2.66. The molecule has 0 aliphatic heterocycles. The fourth-order valence-electron chi connectivity index (χ4n) is 2.39. The van der Waals surface area contributed by atoms with Gasteiger partial charge in [-0.05, 0) is 36.0 Å². The highest BCUT2D eigenvalue weighted by molar-refractivity contribution is 5.35. The number of hydrogen-bond acceptors (Lipinski definition) is 2. The molecule has 106 valence electrons. The fourth-order valence-corrected chi connectivity index (χ4v) is 2.39. The lowest BCUT2D eigenvalue weighted by Crippen LogP contribution is -2.24. The van der Waals surface area contributed by atoms with Gasteiger partial charge in [0.15, 0.2) is 0 Å². The summed E-state index contributed by atoms with van der Waals surface area (Å²) in [6, 6.07) is 6.01. The molecule has 1 N–H and O–H groups in total. The molecule has 0 fully saturated rings. The summed E-state index contributed by atoms with van der Waals surface area (Å²) in [7, 11) is 0. The summed E-state index contributed by atoms with van der Waals surface area (Å²) in [5.74, 6) is 0. The molecule has 2 rings (SSSR count). The molecule has 1 atom stereocenters. The maximum atomic E-state index is 11.9. The second kappa shape index (κ2) is 5.92. The number of fused-ring (bicyclic) bond motifs is 1. The largest absolute Gasteiger partial charge is 0.411 e. The fraction of sp³-hybridized carbons (Fsp3) is 0.571. The van der Waals surface area contributed by atoms with Crippen LogP contribution in [0.3, 0.4) is 0 Å². The van der Waals surface area contributed by atoms with Crippen LogP contribution in [-0.2, 0) is 24.0 Å². The Hall–Kier alpha value is -1.07. The van der Waals surface area contributed by atoms with E-state index in [0.29, 0.717) is 6.42 Å². The van der Waals surface area contributed by atoms with E-state index in [2.05, 4.69) is 4.74 Å². The molecule has 0 saturated heterocycles. The molecule has 0 radical (unpaired) electrons. The molecule has 0 bridgehead atoms. The van der Waals surface area contributed by atoms with Gasteiger partial charge in [0.1, 0.15) is 6.61 Å². The van der Waals surface area contributed by atoms with Crippen molar-refractivity contribution < 1.29 is 23.0 Å². The average molecular weight is 274 g/mol. The van der Waals surface area contributed by atoms with Crippen molar-refractivity contribution >= 4 is 0 Å². The summed E-state index contributed by atoms with van der Waals surface area (Å²) in [5, 5.41) is 9.66. The van der Waals surface area contributed by atoms with E-state index in [1.165, 1.54) is 11.1 Å². The number of rotatable bonds is 5. The summed E-state index contributed by atoms with van der Waals surface area (Å²) < 4.78 is 40.1. The molecule has 1 aromatic rings. The van der Waals surface area contributed by atoms with E-state index < -0.39 is 18.9 Å². The maximum Gasteiger partial charge on any atom is 0.411 e. The lowest BCUT2D eigenvalue weighted by Gasteiger charge is -2.13. The highest BCUT2D eigenvalue weighted by Crippen LogP contribution is 2.23. The van der Waals surface area contributed by atoms with Crippen molar-refractivity contribution in [2.45, 2.75) is 38.0 Å². The Bertz CT molecular complexity index is 429. The first-order chi connectivity index (χ1) is 8.94. The molecule has 0 heterocycles. The standard InChI is InChI=1S/C14H17F3O2/c15-14(16,17)9-19-8-13(18)7-10-4-5-11-2-1-3-12(11)6-10/h4-6,13,18H,1-3,7-9H2. The van der Waals surface area contributed by atoms with Crippen LogP contribution < -0.4 is 0 Å². The van der Waals surface area contributed by atoms with Crippen molar-refractivity contribution in [2.75, 3.05) is 13.2 Å². The first-order valence-electron chi connectivity index (χ1n) is 6.37. The average Bonchev–Trinajstić information content (AvgIpc) is 2.74. The van der Waals surface area contributed by atoms with Gasteiger partial charge in [0, 0.05) is 6.42 Å². The lowest BCUT2D eigenvalue weighted by molar-refractivity contribution is -0.179. The molecule has 19 heavy (non-hydrogen) atoms. The number of halogens is 3. The van der Waals surface area contributed by atoms with Crippen LogP contribution in [-0.4, -0.2) is 30.6 Å². The minimum atomic E-state index is -4.34. The SMILES string of the molecule is OC(COCC(F)(F)F)Cc1ccc2c(c1)CCC2. The normalized spacial score (nSPS) is 16.4. The number of hydrogen-bond donors (Lipinski definition) is 1. The third kappa shape index (κ3) is 4.51. The third-order valence-electron chi connectivity index (χ3n) is 3.21. The van der Waals surface area contributed by atoms with Crippen LogP contribution in [0.4, 0.5) is 13.2 Å². The van der Waals surface area contributed by atoms with E-state index in [1.54, 1.807) is 0 Å². The Balaban J connectivity index is 1.80. The van der Waals surface area contributed by atoms with Crippen molar-refractivity contribution in [1.29, 1.82) is 0 Å². The van der Waals surface area contributed by atoms with E-state index >= 15 is 0 Å². The second-order valence-electron chi connectivity index (χ2n) is 4.94. The molecule has 0 saturated carbocycles. The smallest absolute Gasteiger partial charge is 0.390 e. The van der Waals surface area contributed by atoms with Crippen LogP contribution in [0.15, 0.2) is 18.2 Å². The van der Waals surface area contributed by atoms with Gasteiger partial charge in [-0.1, -0.05) is 18.2 Å². The molecule has 0 amide bonds. The highest BCUT2D eigenvalue weighted by atomic mass is 19.4. The number of aryl methyl sites for hydroxylation is 2. The Morgan fingerprint density at radius 3 is 2.68 bits per heavy atom. The summed E-state index contributed by atoms with van der Waals surface area (Å²) >= 11 is 0. The van der Waals surface area contributed by atoms with Gasteiger partial charge in [0.2, 0.25) is 0 Å². The van der Waals surface area contributed by atoms with E-state index in [-0.39, 0.29) is 6.61 Å². The molecule has 2 nitrogen and oxygen atoms in total. The first kappa shape index (κ1) is 14.3. The number of alkyl halides is 3. The van der Waals surface area contributed by atoms with Gasteiger partial charge >= 0.3 is 6.18 Å². The molecular weight excluding hydrogens is 257 g/mol. The maximum absolute atomic E-state index is 11.9. The zero-order chi connectivity index (χ0) is 13.9. The molecular formula is C14H17F3O2. The summed E-state index contributed by atoms with van der Waals surface area (Å²) in [6.07, 6.45) is -1.63. The number of ether oxygens (including phenoxy) is 1. The van der Waals surface area contributed by atoms with Gasteiger partial charge in [-0.25, -0.2) is 0 Å². The Labute approximate surface area is 110 Å². The molecule has 0 spiro atoms. The third-order valence-corrected chi connectivity index (χ3v) is 3.21. The van der Waals surface area contributed by atoms with E-state index in [4.69, 9.17) is 0 Å². The van der Waals surface area contributed by atoms with Crippen molar-refractivity contribution in [2.24, 2.45) is 0 Å². The Kier molecular flexibility index (Phi) is 4.47. The van der Waals surface area contributed by atoms with Gasteiger partial charge in [-0.2, -0.15) is 13.2 Å². The van der Waals surface area contributed by atoms with Gasteiger partial charge in [-0.3, -0.25) is 0 Å². The Morgan fingerprint density at radius 2 is 1.95 bits per heavy atom. The topological polar surface area (TPSA) is 29.5 Å². The summed E-state index contributed by atoms with van der Waals surface area (Å²) in [4.78, 5) is 0. The zero-order valence-corrected chi connectivity index (χ0v) is 10.5. The quantitative estimate of drug-likeness (QED) is 0.894. The minimum absolute atomic E-state index is 0.295. The first-order valence-corrected chi connectivity index (χ1v) is 6.37. The summed E-state index contributed by atoms with van der Waals surface area (Å²) in [5.41, 5.74) is 3.58. The van der Waals surface area contributed by atoms with Crippen LogP contribution in [0.25, 0.3) is 0 Å². The predicted molar refractivity (Wildman–Crippen MR) is 65.1 cm³/mol. The van der Waals surface area contributed by atoms with Gasteiger partial charge in [0.25, 0.3) is 0 Å². The Morgan fingerprint density at radius 1 is 1.21 bits per heavy atom. The van der Waals surface area contributed by atoms with E-state index in [0.717, 1.165) is 24.8 Å². The van der Waals surface area contributed by atoms with Crippen LogP contribution in [0.1, 0.15) is 23.1 Å². The molecule has 1 aromatic carbocycles. The minimum Gasteiger partial charge on any atom is -0.390 e. The molecule has 1 unspecified atom stereocenters. The van der Waals surface area contributed by atoms with Crippen LogP contribution in [0.5, 0.6) is 0 Å². The second-order valence-corrected chi connectivity index (χ2v) is 4.94. The van der Waals surface area contributed by atoms with Gasteiger partial charge < -0.3 is 9.84 Å². The monoisotopic (exact) mass is 274 g/mol. The van der Waals surface area contributed by atoms with Crippen molar-refractivity contribution in [3.8, 4) is 0 Å². The van der Waals surface area contributed by atoms with Crippen LogP contribution >= 0.6 is 0 Å². The summed E-state index contributed by atoms with van der Waals surface area (Å²) in [6.45, 7) is -1.61. The van der Waals surface area contributed by atoms with Crippen molar-refractivity contribution in [3.63, 3.8) is 0 Å².